The first-order valence-electron chi connectivity index (χ1n) is 3.63. The molecule has 3 heteroatoms. The average molecular weight is 183 g/mol. The molecule has 0 spiro atoms. The van der Waals surface area contributed by atoms with Gasteiger partial charge in [-0.3, -0.25) is 0 Å². The van der Waals surface area contributed by atoms with Crippen molar-refractivity contribution in [3.63, 3.8) is 0 Å². The van der Waals surface area contributed by atoms with E-state index in [0.717, 1.165) is 5.56 Å². The molecule has 0 aliphatic heterocycles. The largest absolute Gasteiger partial charge is 0.228 e. The molecule has 1 aromatic carbocycles. The maximum atomic E-state index is 11.0. The van der Waals surface area contributed by atoms with E-state index in [9.17, 15) is 8.42 Å². The minimum atomic E-state index is -3.21. The molecule has 0 amide bonds. The second-order valence-electron chi connectivity index (χ2n) is 2.72. The third-order valence-electron chi connectivity index (χ3n) is 1.81. The Morgan fingerprint density at radius 1 is 1.25 bits per heavy atom. The number of hydrogen-bond acceptors (Lipinski definition) is 2. The van der Waals surface area contributed by atoms with Crippen molar-refractivity contribution in [1.29, 1.82) is 0 Å². The quantitative estimate of drug-likeness (QED) is 0.702. The van der Waals surface area contributed by atoms with Crippen LogP contribution in [0.1, 0.15) is 17.7 Å². The van der Waals surface area contributed by atoms with Crippen LogP contribution in [-0.2, 0) is 9.84 Å². The summed E-state index contributed by atoms with van der Waals surface area (Å²) >= 11 is 0. The summed E-state index contributed by atoms with van der Waals surface area (Å²) in [7, 11) is -3.21. The van der Waals surface area contributed by atoms with Crippen molar-refractivity contribution in [2.24, 2.45) is 0 Å². The zero-order chi connectivity index (χ0) is 9.19. The van der Waals surface area contributed by atoms with Gasteiger partial charge in [-0.25, -0.2) is 8.42 Å². The zero-order valence-electron chi connectivity index (χ0n) is 6.90. The topological polar surface area (TPSA) is 34.1 Å². The molecule has 0 heterocycles. The lowest BCUT2D eigenvalue weighted by molar-refractivity contribution is 0.595. The van der Waals surface area contributed by atoms with Crippen LogP contribution in [-0.4, -0.2) is 8.42 Å². The molecule has 1 rings (SSSR count). The average Bonchev–Trinajstić information content (AvgIpc) is 2.03. The second-order valence-corrected chi connectivity index (χ2v) is 4.75. The highest BCUT2D eigenvalue weighted by Crippen LogP contribution is 2.20. The highest BCUT2D eigenvalue weighted by Gasteiger charge is 2.16. The summed E-state index contributed by atoms with van der Waals surface area (Å²) in [5.41, 5.74) is 0.785. The van der Waals surface area contributed by atoms with E-state index in [1.165, 1.54) is 0 Å². The first kappa shape index (κ1) is 9.26. The van der Waals surface area contributed by atoms with E-state index in [4.69, 9.17) is 0 Å². The Labute approximate surface area is 73.2 Å². The van der Waals surface area contributed by atoms with Crippen LogP contribution < -0.4 is 0 Å². The van der Waals surface area contributed by atoms with E-state index in [1.54, 1.807) is 19.1 Å². The van der Waals surface area contributed by atoms with Crippen LogP contribution in [0.3, 0.4) is 0 Å². The SMILES string of the molecule is [CH2]S(=O)(=O)C(C)c1ccccc1. The molecular weight excluding hydrogens is 172 g/mol. The van der Waals surface area contributed by atoms with E-state index in [0.29, 0.717) is 0 Å². The third-order valence-corrected chi connectivity index (χ3v) is 3.16. The predicted octanol–water partition coefficient (Wildman–Crippen LogP) is 1.95. The van der Waals surface area contributed by atoms with Gasteiger partial charge in [0.05, 0.1) is 11.5 Å². The monoisotopic (exact) mass is 183 g/mol. The molecule has 65 valence electrons. The molecule has 0 N–H and O–H groups in total. The molecule has 1 aromatic rings. The number of sulfone groups is 1. The fraction of sp³-hybridized carbons (Fsp3) is 0.222. The predicted molar refractivity (Wildman–Crippen MR) is 49.1 cm³/mol. The fourth-order valence-electron chi connectivity index (χ4n) is 0.931. The summed E-state index contributed by atoms with van der Waals surface area (Å²) in [5, 5.41) is -0.515. The van der Waals surface area contributed by atoms with Gasteiger partial charge in [-0.15, -0.1) is 0 Å². The van der Waals surface area contributed by atoms with Crippen LogP contribution in [0.4, 0.5) is 0 Å². The summed E-state index contributed by atoms with van der Waals surface area (Å²) < 4.78 is 22.0. The van der Waals surface area contributed by atoms with Crippen LogP contribution in [0.15, 0.2) is 30.3 Å². The molecule has 1 atom stereocenters. The molecule has 0 aromatic heterocycles. The van der Waals surface area contributed by atoms with Crippen LogP contribution in [0.5, 0.6) is 0 Å². The maximum absolute atomic E-state index is 11.0. The third kappa shape index (κ3) is 2.08. The normalized spacial score (nSPS) is 14.2. The maximum Gasteiger partial charge on any atom is 0.158 e. The van der Waals surface area contributed by atoms with E-state index >= 15 is 0 Å². The van der Waals surface area contributed by atoms with Crippen LogP contribution >= 0.6 is 0 Å². The molecule has 0 bridgehead atoms. The lowest BCUT2D eigenvalue weighted by atomic mass is 10.2. The second kappa shape index (κ2) is 3.27. The van der Waals surface area contributed by atoms with Crippen LogP contribution in [0.25, 0.3) is 0 Å². The minimum Gasteiger partial charge on any atom is -0.228 e. The van der Waals surface area contributed by atoms with Gasteiger partial charge in [-0.2, -0.15) is 0 Å². The molecule has 2 nitrogen and oxygen atoms in total. The van der Waals surface area contributed by atoms with Crippen molar-refractivity contribution in [1.82, 2.24) is 0 Å². The van der Waals surface area contributed by atoms with Gasteiger partial charge in [0.2, 0.25) is 0 Å². The van der Waals surface area contributed by atoms with Gasteiger partial charge in [0.1, 0.15) is 0 Å². The van der Waals surface area contributed by atoms with Gasteiger partial charge in [-0.05, 0) is 12.5 Å². The number of rotatable bonds is 2. The first-order valence-corrected chi connectivity index (χ1v) is 5.35. The summed E-state index contributed by atoms with van der Waals surface area (Å²) in [6.45, 7) is 1.64. The fourth-order valence-corrected chi connectivity index (χ4v) is 1.50. The molecule has 0 saturated heterocycles. The van der Waals surface area contributed by atoms with E-state index in [2.05, 4.69) is 6.26 Å². The van der Waals surface area contributed by atoms with Gasteiger partial charge in [0, 0.05) is 0 Å². The molecule has 1 radical (unpaired) electrons. The van der Waals surface area contributed by atoms with Crippen molar-refractivity contribution in [3.8, 4) is 0 Å². The van der Waals surface area contributed by atoms with Crippen molar-refractivity contribution < 1.29 is 8.42 Å². The smallest absolute Gasteiger partial charge is 0.158 e. The minimum absolute atomic E-state index is 0.515. The summed E-state index contributed by atoms with van der Waals surface area (Å²) in [4.78, 5) is 0. The first-order chi connectivity index (χ1) is 5.52. The van der Waals surface area contributed by atoms with Crippen LogP contribution in [0.2, 0.25) is 0 Å². The molecule has 0 fully saturated rings. The lowest BCUT2D eigenvalue weighted by Crippen LogP contribution is -2.04. The van der Waals surface area contributed by atoms with Crippen molar-refractivity contribution >= 4 is 9.84 Å². The molecule has 0 aliphatic rings. The molecule has 12 heavy (non-hydrogen) atoms. The van der Waals surface area contributed by atoms with Gasteiger partial charge in [0.15, 0.2) is 9.84 Å². The van der Waals surface area contributed by atoms with Gasteiger partial charge >= 0.3 is 0 Å². The van der Waals surface area contributed by atoms with Crippen molar-refractivity contribution in [2.45, 2.75) is 12.2 Å². The zero-order valence-corrected chi connectivity index (χ0v) is 7.71. The highest BCUT2D eigenvalue weighted by atomic mass is 32.2. The molecule has 1 unspecified atom stereocenters. The van der Waals surface area contributed by atoms with E-state index in [-0.39, 0.29) is 0 Å². The Morgan fingerprint density at radius 2 is 1.75 bits per heavy atom. The van der Waals surface area contributed by atoms with E-state index < -0.39 is 15.1 Å². The summed E-state index contributed by atoms with van der Waals surface area (Å²) in [6, 6.07) is 9.06. The molecular formula is C9H11O2S. The van der Waals surface area contributed by atoms with Crippen LogP contribution in [0, 0.1) is 6.26 Å². The Morgan fingerprint density at radius 3 is 2.17 bits per heavy atom. The highest BCUT2D eigenvalue weighted by molar-refractivity contribution is 7.92. The van der Waals surface area contributed by atoms with E-state index in [1.807, 2.05) is 18.2 Å². The van der Waals surface area contributed by atoms with Crippen molar-refractivity contribution in [3.05, 3.63) is 42.2 Å². The summed E-state index contributed by atoms with van der Waals surface area (Å²) in [5.74, 6) is 0. The van der Waals surface area contributed by atoms with Gasteiger partial charge in [0.25, 0.3) is 0 Å². The Kier molecular flexibility index (Phi) is 2.52. The lowest BCUT2D eigenvalue weighted by Gasteiger charge is -2.08. The summed E-state index contributed by atoms with van der Waals surface area (Å²) in [6.07, 6.45) is 3.12. The van der Waals surface area contributed by atoms with Crippen molar-refractivity contribution in [2.75, 3.05) is 0 Å². The molecule has 0 saturated carbocycles. The number of hydrogen-bond donors (Lipinski definition) is 0. The Bertz CT molecular complexity index is 340. The standard InChI is InChI=1S/C9H11O2S/c1-8(12(2,10)11)9-6-4-3-5-7-9/h3-8H,2H2,1H3. The van der Waals surface area contributed by atoms with Gasteiger partial charge in [-0.1, -0.05) is 30.3 Å². The Balaban J connectivity index is 3.02. The number of benzene rings is 1. The molecule has 0 aliphatic carbocycles. The Hall–Kier alpha value is -0.830. The van der Waals surface area contributed by atoms with Gasteiger partial charge < -0.3 is 0 Å².